The van der Waals surface area contributed by atoms with Gasteiger partial charge < -0.3 is 0 Å². The van der Waals surface area contributed by atoms with E-state index in [1.165, 1.54) is 0 Å². The summed E-state index contributed by atoms with van der Waals surface area (Å²) >= 11 is 1.65. The zero-order valence-electron chi connectivity index (χ0n) is 11.5. The van der Waals surface area contributed by atoms with E-state index in [4.69, 9.17) is 0 Å². The van der Waals surface area contributed by atoms with Gasteiger partial charge in [0.05, 0.1) is 5.69 Å². The van der Waals surface area contributed by atoms with Crippen LogP contribution in [0, 0.1) is 11.5 Å². The van der Waals surface area contributed by atoms with E-state index >= 15 is 0 Å². The molecule has 0 fully saturated rings. The van der Waals surface area contributed by atoms with Crippen LogP contribution in [0.2, 0.25) is 19.6 Å². The second-order valence-electron chi connectivity index (χ2n) is 5.31. The molecule has 1 aromatic heterocycles. The molecule has 3 heteroatoms. The van der Waals surface area contributed by atoms with E-state index in [2.05, 4.69) is 48.2 Å². The summed E-state index contributed by atoms with van der Waals surface area (Å²) in [5, 5.41) is 4.08. The molecular weight excluding hydrogens is 266 g/mol. The first kappa shape index (κ1) is 13.8. The lowest BCUT2D eigenvalue weighted by Crippen LogP contribution is -2.17. The van der Waals surface area contributed by atoms with Crippen molar-refractivity contribution in [2.45, 2.75) is 19.6 Å². The van der Waals surface area contributed by atoms with Crippen molar-refractivity contribution in [3.8, 4) is 11.5 Å². The third kappa shape index (κ3) is 4.51. The van der Waals surface area contributed by atoms with Crippen molar-refractivity contribution in [2.75, 3.05) is 0 Å². The molecule has 0 aliphatic rings. The average Bonchev–Trinajstić information content (AvgIpc) is 2.87. The highest BCUT2D eigenvalue weighted by molar-refractivity contribution is 7.08. The number of thiophene rings is 1. The third-order valence-electron chi connectivity index (χ3n) is 2.35. The number of rotatable bonds is 2. The Morgan fingerprint density at radius 2 is 1.84 bits per heavy atom. The summed E-state index contributed by atoms with van der Waals surface area (Å²) in [6.07, 6.45) is 0. The number of nitrogens with zero attached hydrogens (tertiary/aromatic N) is 1. The van der Waals surface area contributed by atoms with E-state index in [0.717, 1.165) is 17.0 Å². The van der Waals surface area contributed by atoms with Gasteiger partial charge in [0.1, 0.15) is 13.8 Å². The minimum absolute atomic E-state index is 0.862. The standard InChI is InChI=1S/C16H17NSSi/c1-19(2,3)12-10-16(14-7-5-4-6-8-14)17-15-9-11-18-13-15/h4-9,11,13H,1-3H3. The van der Waals surface area contributed by atoms with Gasteiger partial charge in [0, 0.05) is 10.9 Å². The van der Waals surface area contributed by atoms with E-state index in [-0.39, 0.29) is 0 Å². The summed E-state index contributed by atoms with van der Waals surface area (Å²) in [7, 11) is -1.39. The molecule has 0 unspecified atom stereocenters. The van der Waals surface area contributed by atoms with Crippen molar-refractivity contribution in [2.24, 2.45) is 4.99 Å². The molecule has 0 atom stereocenters. The first-order valence-corrected chi connectivity index (χ1v) is 10.7. The fourth-order valence-electron chi connectivity index (χ4n) is 1.46. The van der Waals surface area contributed by atoms with Crippen molar-refractivity contribution in [3.05, 3.63) is 52.7 Å². The zero-order valence-corrected chi connectivity index (χ0v) is 13.3. The Morgan fingerprint density at radius 1 is 1.11 bits per heavy atom. The van der Waals surface area contributed by atoms with Gasteiger partial charge in [-0.05, 0) is 11.4 Å². The highest BCUT2D eigenvalue weighted by atomic mass is 32.1. The smallest absolute Gasteiger partial charge is 0.129 e. The fourth-order valence-corrected chi connectivity index (χ4v) is 2.52. The molecule has 1 nitrogen and oxygen atoms in total. The van der Waals surface area contributed by atoms with E-state index < -0.39 is 8.07 Å². The maximum absolute atomic E-state index is 4.67. The second kappa shape index (κ2) is 6.01. The quantitative estimate of drug-likeness (QED) is 0.428. The van der Waals surface area contributed by atoms with Crippen LogP contribution in [0.5, 0.6) is 0 Å². The number of aliphatic imine (C=N–C) groups is 1. The molecular formula is C16H17NSSi. The van der Waals surface area contributed by atoms with E-state index in [1.807, 2.05) is 35.0 Å². The fraction of sp³-hybridized carbons (Fsp3) is 0.188. The highest BCUT2D eigenvalue weighted by Gasteiger charge is 2.09. The molecule has 0 aliphatic carbocycles. The summed E-state index contributed by atoms with van der Waals surface area (Å²) in [4.78, 5) is 4.67. The summed E-state index contributed by atoms with van der Waals surface area (Å²) in [5.41, 5.74) is 6.32. The van der Waals surface area contributed by atoms with Crippen LogP contribution in [0.15, 0.2) is 52.2 Å². The van der Waals surface area contributed by atoms with E-state index in [0.29, 0.717) is 0 Å². The van der Waals surface area contributed by atoms with Gasteiger partial charge in [0.25, 0.3) is 0 Å². The largest absolute Gasteiger partial charge is 0.238 e. The molecule has 0 spiro atoms. The molecule has 0 saturated carbocycles. The Morgan fingerprint density at radius 3 is 2.42 bits per heavy atom. The third-order valence-corrected chi connectivity index (χ3v) is 3.90. The van der Waals surface area contributed by atoms with Crippen LogP contribution in [0.4, 0.5) is 5.69 Å². The lowest BCUT2D eigenvalue weighted by molar-refractivity contribution is 1.55. The van der Waals surface area contributed by atoms with Crippen LogP contribution < -0.4 is 0 Å². The van der Waals surface area contributed by atoms with Crippen LogP contribution in [-0.2, 0) is 0 Å². The van der Waals surface area contributed by atoms with Crippen LogP contribution >= 0.6 is 11.3 Å². The summed E-state index contributed by atoms with van der Waals surface area (Å²) < 4.78 is 0. The molecule has 0 radical (unpaired) electrons. The van der Waals surface area contributed by atoms with Gasteiger partial charge in [-0.3, -0.25) is 0 Å². The minimum Gasteiger partial charge on any atom is -0.238 e. The first-order valence-electron chi connectivity index (χ1n) is 6.24. The van der Waals surface area contributed by atoms with Gasteiger partial charge in [-0.2, -0.15) is 11.3 Å². The highest BCUT2D eigenvalue weighted by Crippen LogP contribution is 2.17. The van der Waals surface area contributed by atoms with Crippen LogP contribution in [0.3, 0.4) is 0 Å². The van der Waals surface area contributed by atoms with Gasteiger partial charge in [0.15, 0.2) is 0 Å². The number of hydrogen-bond acceptors (Lipinski definition) is 2. The monoisotopic (exact) mass is 283 g/mol. The second-order valence-corrected chi connectivity index (χ2v) is 10.8. The lowest BCUT2D eigenvalue weighted by Gasteiger charge is -2.04. The maximum atomic E-state index is 4.67. The molecule has 0 aliphatic heterocycles. The molecule has 0 bridgehead atoms. The molecule has 96 valence electrons. The molecule has 0 amide bonds. The van der Waals surface area contributed by atoms with Crippen molar-refractivity contribution in [1.82, 2.24) is 0 Å². The predicted octanol–water partition coefficient (Wildman–Crippen LogP) is 4.75. The molecule has 0 N–H and O–H groups in total. The van der Waals surface area contributed by atoms with Gasteiger partial charge in [0.2, 0.25) is 0 Å². The van der Waals surface area contributed by atoms with Gasteiger partial charge in [-0.1, -0.05) is 55.9 Å². The lowest BCUT2D eigenvalue weighted by atomic mass is 10.1. The Hall–Kier alpha value is -1.63. The topological polar surface area (TPSA) is 12.4 Å². The van der Waals surface area contributed by atoms with Crippen LogP contribution in [0.25, 0.3) is 0 Å². The maximum Gasteiger partial charge on any atom is 0.129 e. The van der Waals surface area contributed by atoms with E-state index in [9.17, 15) is 0 Å². The van der Waals surface area contributed by atoms with Crippen LogP contribution in [0.1, 0.15) is 5.56 Å². The number of benzene rings is 1. The van der Waals surface area contributed by atoms with Crippen molar-refractivity contribution < 1.29 is 0 Å². The van der Waals surface area contributed by atoms with Gasteiger partial charge >= 0.3 is 0 Å². The summed E-state index contributed by atoms with van der Waals surface area (Å²) in [6.45, 7) is 6.73. The normalized spacial score (nSPS) is 11.8. The van der Waals surface area contributed by atoms with Crippen LogP contribution in [-0.4, -0.2) is 13.8 Å². The van der Waals surface area contributed by atoms with Crippen molar-refractivity contribution in [3.63, 3.8) is 0 Å². The molecule has 2 rings (SSSR count). The minimum atomic E-state index is -1.39. The Labute approximate surface area is 120 Å². The molecule has 19 heavy (non-hydrogen) atoms. The van der Waals surface area contributed by atoms with Crippen molar-refractivity contribution in [1.29, 1.82) is 0 Å². The predicted molar refractivity (Wildman–Crippen MR) is 88.1 cm³/mol. The molecule has 0 saturated heterocycles. The summed E-state index contributed by atoms with van der Waals surface area (Å²) in [5.74, 6) is 3.28. The molecule has 2 aromatic rings. The molecule has 1 aromatic carbocycles. The van der Waals surface area contributed by atoms with Crippen molar-refractivity contribution >= 4 is 30.8 Å². The zero-order chi connectivity index (χ0) is 13.7. The molecule has 1 heterocycles. The Kier molecular flexibility index (Phi) is 4.36. The Balaban J connectivity index is 2.42. The van der Waals surface area contributed by atoms with Gasteiger partial charge in [-0.25, -0.2) is 4.99 Å². The van der Waals surface area contributed by atoms with Gasteiger partial charge in [-0.15, -0.1) is 5.54 Å². The first-order chi connectivity index (χ1) is 9.04. The Bertz CT molecular complexity index is 610. The average molecular weight is 283 g/mol. The van der Waals surface area contributed by atoms with E-state index in [1.54, 1.807) is 11.3 Å². The number of hydrogen-bond donors (Lipinski definition) is 0. The summed E-state index contributed by atoms with van der Waals surface area (Å²) in [6, 6.07) is 12.2. The SMILES string of the molecule is C[Si](C)(C)C#CC(=Nc1ccsc1)c1ccccc1.